The van der Waals surface area contributed by atoms with E-state index in [1.807, 2.05) is 6.92 Å². The van der Waals surface area contributed by atoms with Crippen molar-refractivity contribution >= 4 is 11.9 Å². The van der Waals surface area contributed by atoms with E-state index >= 15 is 0 Å². The Hall–Kier alpha value is -1.43. The van der Waals surface area contributed by atoms with Gasteiger partial charge in [-0.15, -0.1) is 5.10 Å². The van der Waals surface area contributed by atoms with Crippen molar-refractivity contribution in [3.63, 3.8) is 0 Å². The molecule has 6 heteroatoms. The number of carbonyl (C=O) groups is 1. The monoisotopic (exact) mass is 223 g/mol. The van der Waals surface area contributed by atoms with Gasteiger partial charge in [-0.05, 0) is 26.2 Å². The molecule has 0 spiro atoms. The molecule has 6 nitrogen and oxygen atoms in total. The first-order valence-corrected chi connectivity index (χ1v) is 5.41. The van der Waals surface area contributed by atoms with Crippen molar-refractivity contribution in [2.45, 2.75) is 38.4 Å². The number of carbonyl (C=O) groups excluding carboxylic acids is 1. The van der Waals surface area contributed by atoms with Gasteiger partial charge in [0.1, 0.15) is 0 Å². The van der Waals surface area contributed by atoms with Crippen molar-refractivity contribution in [1.82, 2.24) is 10.2 Å². The molecule has 16 heavy (non-hydrogen) atoms. The molecule has 0 aromatic carbocycles. The molecule has 2 fully saturated rings. The minimum absolute atomic E-state index is 0.0282. The van der Waals surface area contributed by atoms with Crippen LogP contribution in [0.5, 0.6) is 0 Å². The van der Waals surface area contributed by atoms with Gasteiger partial charge in [-0.3, -0.25) is 10.1 Å². The topological polar surface area (TPSA) is 77.3 Å². The van der Waals surface area contributed by atoms with Gasteiger partial charge < -0.3 is 9.15 Å². The summed E-state index contributed by atoms with van der Waals surface area (Å²) < 4.78 is 10.6. The van der Waals surface area contributed by atoms with E-state index in [4.69, 9.17) is 9.15 Å². The van der Waals surface area contributed by atoms with Crippen molar-refractivity contribution < 1.29 is 13.9 Å². The SMILES string of the molecule is C[C@]1(C(=O)Nc2nnco2)C[C@H]2CC[C@@H]1O2. The van der Waals surface area contributed by atoms with Crippen LogP contribution in [0.3, 0.4) is 0 Å². The van der Waals surface area contributed by atoms with Crippen LogP contribution in [0.1, 0.15) is 26.2 Å². The molecular formula is C10H13N3O3. The molecular weight excluding hydrogens is 210 g/mol. The maximum Gasteiger partial charge on any atom is 0.322 e. The summed E-state index contributed by atoms with van der Waals surface area (Å²) in [5, 5.41) is 9.77. The van der Waals surface area contributed by atoms with Crippen LogP contribution in [0, 0.1) is 5.41 Å². The molecule has 1 aromatic heterocycles. The lowest BCUT2D eigenvalue weighted by Gasteiger charge is -2.28. The number of rotatable bonds is 2. The van der Waals surface area contributed by atoms with E-state index in [9.17, 15) is 4.79 Å². The Balaban J connectivity index is 1.75. The summed E-state index contributed by atoms with van der Waals surface area (Å²) in [6.07, 6.45) is 4.25. The highest BCUT2D eigenvalue weighted by atomic mass is 16.5. The molecule has 3 rings (SSSR count). The molecule has 0 radical (unpaired) electrons. The van der Waals surface area contributed by atoms with Gasteiger partial charge in [0.15, 0.2) is 0 Å². The Morgan fingerprint density at radius 2 is 2.50 bits per heavy atom. The van der Waals surface area contributed by atoms with Crippen LogP contribution in [0.2, 0.25) is 0 Å². The zero-order valence-electron chi connectivity index (χ0n) is 8.97. The Bertz CT molecular complexity index is 405. The van der Waals surface area contributed by atoms with Gasteiger partial charge in [-0.2, -0.15) is 0 Å². The number of hydrogen-bond donors (Lipinski definition) is 1. The van der Waals surface area contributed by atoms with Gasteiger partial charge in [-0.25, -0.2) is 0 Å². The predicted molar refractivity (Wildman–Crippen MR) is 53.5 cm³/mol. The van der Waals surface area contributed by atoms with Gasteiger partial charge in [-0.1, -0.05) is 5.10 Å². The number of hydrogen-bond acceptors (Lipinski definition) is 5. The molecule has 2 aliphatic heterocycles. The van der Waals surface area contributed by atoms with E-state index in [2.05, 4.69) is 15.5 Å². The van der Waals surface area contributed by atoms with Gasteiger partial charge in [0.25, 0.3) is 0 Å². The summed E-state index contributed by atoms with van der Waals surface area (Å²) in [4.78, 5) is 12.1. The fraction of sp³-hybridized carbons (Fsp3) is 0.700. The number of fused-ring (bicyclic) bond motifs is 2. The van der Waals surface area contributed by atoms with E-state index in [1.165, 1.54) is 6.39 Å². The summed E-state index contributed by atoms with van der Waals surface area (Å²) in [6.45, 7) is 1.93. The average Bonchev–Trinajstić information content (AvgIpc) is 2.92. The van der Waals surface area contributed by atoms with Crippen LogP contribution < -0.4 is 5.32 Å². The first kappa shape index (κ1) is 9.77. The molecule has 0 aliphatic carbocycles. The van der Waals surface area contributed by atoms with Crippen LogP contribution in [0.25, 0.3) is 0 Å². The largest absolute Gasteiger partial charge is 0.411 e. The van der Waals surface area contributed by atoms with Crippen molar-refractivity contribution in [2.75, 3.05) is 5.32 Å². The number of ether oxygens (including phenoxy) is 1. The van der Waals surface area contributed by atoms with Crippen LogP contribution in [0.15, 0.2) is 10.8 Å². The van der Waals surface area contributed by atoms with E-state index < -0.39 is 5.41 Å². The molecule has 1 N–H and O–H groups in total. The van der Waals surface area contributed by atoms with E-state index in [0.717, 1.165) is 19.3 Å². The Morgan fingerprint density at radius 1 is 1.62 bits per heavy atom. The van der Waals surface area contributed by atoms with Crippen LogP contribution in [-0.2, 0) is 9.53 Å². The first-order valence-electron chi connectivity index (χ1n) is 5.41. The molecule has 2 aliphatic rings. The first-order chi connectivity index (χ1) is 7.68. The summed E-state index contributed by atoms with van der Waals surface area (Å²) >= 11 is 0. The van der Waals surface area contributed by atoms with Crippen LogP contribution >= 0.6 is 0 Å². The van der Waals surface area contributed by atoms with Crippen molar-refractivity contribution in [1.29, 1.82) is 0 Å². The normalized spacial score (nSPS) is 36.6. The highest BCUT2D eigenvalue weighted by Crippen LogP contribution is 2.47. The molecule has 86 valence electrons. The van der Waals surface area contributed by atoms with Gasteiger partial charge in [0.05, 0.1) is 17.6 Å². The number of nitrogens with one attached hydrogen (secondary N) is 1. The molecule has 3 atom stereocenters. The van der Waals surface area contributed by atoms with E-state index in [1.54, 1.807) is 0 Å². The maximum atomic E-state index is 12.1. The molecule has 1 aromatic rings. The van der Waals surface area contributed by atoms with Crippen LogP contribution in [-0.4, -0.2) is 28.3 Å². The molecule has 2 saturated heterocycles. The third-order valence-electron chi connectivity index (χ3n) is 3.57. The summed E-state index contributed by atoms with van der Waals surface area (Å²) in [5.41, 5.74) is -0.461. The number of nitrogens with zero attached hydrogens (tertiary/aromatic N) is 2. The standard InChI is InChI=1S/C10H13N3O3/c1-10(4-6-2-3-7(10)16-6)8(14)12-9-13-11-5-15-9/h5-7H,2-4H2,1H3,(H,12,13,14)/t6-,7+,10+/m1/s1. The Labute approximate surface area is 92.4 Å². The second-order valence-corrected chi connectivity index (χ2v) is 4.64. The second kappa shape index (κ2) is 3.28. The summed E-state index contributed by atoms with van der Waals surface area (Å²) in [6, 6.07) is 0.147. The van der Waals surface area contributed by atoms with Gasteiger partial charge in [0.2, 0.25) is 12.3 Å². The predicted octanol–water partition coefficient (Wildman–Crippen LogP) is 0.966. The molecule has 2 bridgehead atoms. The summed E-state index contributed by atoms with van der Waals surface area (Å²) in [5.74, 6) is -0.0936. The van der Waals surface area contributed by atoms with E-state index in [-0.39, 0.29) is 24.1 Å². The fourth-order valence-electron chi connectivity index (χ4n) is 2.64. The highest BCUT2D eigenvalue weighted by molar-refractivity contribution is 5.94. The quantitative estimate of drug-likeness (QED) is 0.808. The molecule has 1 amide bonds. The minimum Gasteiger partial charge on any atom is -0.411 e. The third-order valence-corrected chi connectivity index (χ3v) is 3.57. The average molecular weight is 223 g/mol. The van der Waals surface area contributed by atoms with Crippen molar-refractivity contribution in [3.05, 3.63) is 6.39 Å². The highest BCUT2D eigenvalue weighted by Gasteiger charge is 2.54. The third kappa shape index (κ3) is 1.33. The smallest absolute Gasteiger partial charge is 0.322 e. The number of amides is 1. The lowest BCUT2D eigenvalue weighted by Crippen LogP contribution is -2.41. The molecule has 0 unspecified atom stereocenters. The second-order valence-electron chi connectivity index (χ2n) is 4.64. The fourth-order valence-corrected chi connectivity index (χ4v) is 2.64. The zero-order valence-corrected chi connectivity index (χ0v) is 8.97. The molecule has 3 heterocycles. The lowest BCUT2D eigenvalue weighted by atomic mass is 9.75. The zero-order chi connectivity index (χ0) is 11.2. The lowest BCUT2D eigenvalue weighted by molar-refractivity contribution is -0.127. The number of aromatic nitrogens is 2. The minimum atomic E-state index is -0.461. The summed E-state index contributed by atoms with van der Waals surface area (Å²) in [7, 11) is 0. The van der Waals surface area contributed by atoms with Gasteiger partial charge in [0, 0.05) is 0 Å². The van der Waals surface area contributed by atoms with E-state index in [0.29, 0.717) is 0 Å². The van der Waals surface area contributed by atoms with Crippen LogP contribution in [0.4, 0.5) is 6.01 Å². The Kier molecular flexibility index (Phi) is 2.00. The van der Waals surface area contributed by atoms with Gasteiger partial charge >= 0.3 is 6.01 Å². The van der Waals surface area contributed by atoms with Crippen molar-refractivity contribution in [3.8, 4) is 0 Å². The number of anilines is 1. The van der Waals surface area contributed by atoms with Crippen molar-refractivity contribution in [2.24, 2.45) is 5.41 Å². The maximum absolute atomic E-state index is 12.1. The Morgan fingerprint density at radius 3 is 3.06 bits per heavy atom. The molecule has 0 saturated carbocycles.